The molecule has 3 N–H and O–H groups in total. The molecule has 0 aliphatic carbocycles. The molecule has 0 aromatic carbocycles. The first kappa shape index (κ1) is 10.2. The third-order valence-corrected chi connectivity index (χ3v) is 1.42. The molecule has 1 aromatic heterocycles. The van der Waals surface area contributed by atoms with Crippen molar-refractivity contribution in [2.45, 2.75) is 13.3 Å². The van der Waals surface area contributed by atoms with E-state index in [0.717, 1.165) is 0 Å². The molecule has 14 heavy (non-hydrogen) atoms. The Bertz CT molecular complexity index is 346. The van der Waals surface area contributed by atoms with E-state index in [1.165, 1.54) is 0 Å². The lowest BCUT2D eigenvalue weighted by atomic mass is 10.4. The summed E-state index contributed by atoms with van der Waals surface area (Å²) >= 11 is 0. The fourth-order valence-electron chi connectivity index (χ4n) is 0.806. The number of aromatic amines is 1. The molecule has 0 aliphatic rings. The predicted octanol–water partition coefficient (Wildman–Crippen LogP) is -0.682. The monoisotopic (exact) mass is 198 g/mol. The Kier molecular flexibility index (Phi) is 3.16. The Hall–Kier alpha value is -1.92. The normalized spacial score (nSPS) is 9.79. The van der Waals surface area contributed by atoms with Gasteiger partial charge in [-0.25, -0.2) is 4.98 Å². The van der Waals surface area contributed by atoms with Gasteiger partial charge < -0.3 is 10.4 Å². The molecule has 0 bridgehead atoms. The molecular weight excluding hydrogens is 188 g/mol. The van der Waals surface area contributed by atoms with Crippen LogP contribution in [-0.4, -0.2) is 38.7 Å². The molecule has 7 nitrogen and oxygen atoms in total. The van der Waals surface area contributed by atoms with Crippen molar-refractivity contribution < 1.29 is 14.7 Å². The smallest absolute Gasteiger partial charge is 0.305 e. The van der Waals surface area contributed by atoms with Gasteiger partial charge in [0.25, 0.3) is 5.91 Å². The van der Waals surface area contributed by atoms with Crippen molar-refractivity contribution in [3.8, 4) is 0 Å². The van der Waals surface area contributed by atoms with Crippen molar-refractivity contribution >= 4 is 11.9 Å². The number of rotatable bonds is 4. The van der Waals surface area contributed by atoms with Crippen molar-refractivity contribution in [1.29, 1.82) is 0 Å². The molecule has 1 rings (SSSR count). The standard InChI is InChI=1S/C7H10N4O3/c1-4-9-6(11-10-4)7(14)8-3-2-5(12)13/h2-3H2,1H3,(H,8,14)(H,12,13)(H,9,10,11). The summed E-state index contributed by atoms with van der Waals surface area (Å²) in [4.78, 5) is 25.1. The van der Waals surface area contributed by atoms with E-state index in [1.54, 1.807) is 6.92 Å². The Morgan fingerprint density at radius 2 is 2.29 bits per heavy atom. The van der Waals surface area contributed by atoms with Crippen LogP contribution < -0.4 is 5.32 Å². The summed E-state index contributed by atoms with van der Waals surface area (Å²) in [5.41, 5.74) is 0. The van der Waals surface area contributed by atoms with Gasteiger partial charge in [-0.2, -0.15) is 0 Å². The topological polar surface area (TPSA) is 108 Å². The van der Waals surface area contributed by atoms with E-state index in [0.29, 0.717) is 5.82 Å². The average Bonchev–Trinajstić information content (AvgIpc) is 2.51. The van der Waals surface area contributed by atoms with Gasteiger partial charge in [-0.05, 0) is 6.92 Å². The molecule has 1 aromatic rings. The number of hydrogen-bond donors (Lipinski definition) is 3. The van der Waals surface area contributed by atoms with Crippen LogP contribution in [0.3, 0.4) is 0 Å². The number of aliphatic carboxylic acids is 1. The van der Waals surface area contributed by atoms with Gasteiger partial charge in [0.05, 0.1) is 6.42 Å². The van der Waals surface area contributed by atoms with Gasteiger partial charge in [-0.1, -0.05) is 0 Å². The summed E-state index contributed by atoms with van der Waals surface area (Å²) in [6, 6.07) is 0. The second-order valence-electron chi connectivity index (χ2n) is 2.64. The maximum Gasteiger partial charge on any atom is 0.305 e. The number of carbonyl (C=O) groups is 2. The van der Waals surface area contributed by atoms with E-state index >= 15 is 0 Å². The quantitative estimate of drug-likeness (QED) is 0.593. The largest absolute Gasteiger partial charge is 0.481 e. The fraction of sp³-hybridized carbons (Fsp3) is 0.429. The molecule has 76 valence electrons. The van der Waals surface area contributed by atoms with Gasteiger partial charge in [0, 0.05) is 6.54 Å². The molecule has 0 saturated heterocycles. The van der Waals surface area contributed by atoms with E-state index in [4.69, 9.17) is 5.11 Å². The van der Waals surface area contributed by atoms with Crippen LogP contribution in [0.1, 0.15) is 22.9 Å². The number of carbonyl (C=O) groups excluding carboxylic acids is 1. The first-order chi connectivity index (χ1) is 6.59. The number of nitrogens with zero attached hydrogens (tertiary/aromatic N) is 2. The highest BCUT2D eigenvalue weighted by Gasteiger charge is 2.10. The lowest BCUT2D eigenvalue weighted by molar-refractivity contribution is -0.136. The highest BCUT2D eigenvalue weighted by atomic mass is 16.4. The number of aryl methyl sites for hydroxylation is 1. The van der Waals surface area contributed by atoms with Crippen LogP contribution in [0.4, 0.5) is 0 Å². The molecule has 0 fully saturated rings. The van der Waals surface area contributed by atoms with E-state index < -0.39 is 11.9 Å². The van der Waals surface area contributed by atoms with Crippen molar-refractivity contribution in [3.05, 3.63) is 11.6 Å². The predicted molar refractivity (Wildman–Crippen MR) is 45.7 cm³/mol. The van der Waals surface area contributed by atoms with Crippen LogP contribution in [0.25, 0.3) is 0 Å². The van der Waals surface area contributed by atoms with Crippen LogP contribution in [-0.2, 0) is 4.79 Å². The lowest BCUT2D eigenvalue weighted by Gasteiger charge is -1.98. The van der Waals surface area contributed by atoms with Crippen LogP contribution in [0.15, 0.2) is 0 Å². The van der Waals surface area contributed by atoms with E-state index in [1.807, 2.05) is 0 Å². The highest BCUT2D eigenvalue weighted by molar-refractivity contribution is 5.90. The number of amides is 1. The van der Waals surface area contributed by atoms with Gasteiger partial charge >= 0.3 is 5.97 Å². The Morgan fingerprint density at radius 1 is 1.57 bits per heavy atom. The van der Waals surface area contributed by atoms with Crippen LogP contribution in [0, 0.1) is 6.92 Å². The second-order valence-corrected chi connectivity index (χ2v) is 2.64. The Balaban J connectivity index is 2.39. The molecule has 0 aliphatic heterocycles. The van der Waals surface area contributed by atoms with Crippen molar-refractivity contribution in [2.75, 3.05) is 6.54 Å². The summed E-state index contributed by atoms with van der Waals surface area (Å²) < 4.78 is 0. The van der Waals surface area contributed by atoms with Crippen LogP contribution in [0.5, 0.6) is 0 Å². The number of H-pyrrole nitrogens is 1. The second kappa shape index (κ2) is 4.35. The van der Waals surface area contributed by atoms with Crippen molar-refractivity contribution in [2.24, 2.45) is 0 Å². The average molecular weight is 198 g/mol. The maximum atomic E-state index is 11.2. The van der Waals surface area contributed by atoms with Gasteiger partial charge in [-0.3, -0.25) is 14.7 Å². The minimum absolute atomic E-state index is 0.0212. The number of aromatic nitrogens is 3. The number of carboxylic acid groups (broad SMARTS) is 1. The Morgan fingerprint density at radius 3 is 2.79 bits per heavy atom. The minimum atomic E-state index is -0.962. The first-order valence-electron chi connectivity index (χ1n) is 3.98. The Labute approximate surface area is 79.5 Å². The van der Waals surface area contributed by atoms with Gasteiger partial charge in [0.1, 0.15) is 5.82 Å². The third-order valence-electron chi connectivity index (χ3n) is 1.42. The minimum Gasteiger partial charge on any atom is -0.481 e. The summed E-state index contributed by atoms with van der Waals surface area (Å²) in [5, 5.41) is 16.8. The molecule has 1 amide bonds. The molecule has 0 atom stereocenters. The zero-order chi connectivity index (χ0) is 10.6. The molecule has 7 heteroatoms. The van der Waals surface area contributed by atoms with E-state index in [9.17, 15) is 9.59 Å². The van der Waals surface area contributed by atoms with Crippen molar-refractivity contribution in [1.82, 2.24) is 20.5 Å². The molecular formula is C7H10N4O3. The summed E-state index contributed by atoms with van der Waals surface area (Å²) in [5.74, 6) is -0.881. The molecule has 0 spiro atoms. The fourth-order valence-corrected chi connectivity index (χ4v) is 0.806. The highest BCUT2D eigenvalue weighted by Crippen LogP contribution is 1.90. The number of nitrogens with one attached hydrogen (secondary N) is 2. The van der Waals surface area contributed by atoms with Crippen molar-refractivity contribution in [3.63, 3.8) is 0 Å². The SMILES string of the molecule is Cc1nc(C(=O)NCCC(=O)O)n[nH]1. The van der Waals surface area contributed by atoms with Gasteiger partial charge in [0.15, 0.2) is 0 Å². The van der Waals surface area contributed by atoms with Crippen LogP contribution >= 0.6 is 0 Å². The summed E-state index contributed by atoms with van der Waals surface area (Å²) in [6.45, 7) is 1.74. The summed E-state index contributed by atoms with van der Waals surface area (Å²) in [6.07, 6.45) is -0.116. The van der Waals surface area contributed by atoms with Crippen LogP contribution in [0.2, 0.25) is 0 Å². The number of carboxylic acids is 1. The van der Waals surface area contributed by atoms with E-state index in [-0.39, 0.29) is 18.8 Å². The zero-order valence-corrected chi connectivity index (χ0v) is 7.57. The molecule has 0 unspecified atom stereocenters. The van der Waals surface area contributed by atoms with Gasteiger partial charge in [0.2, 0.25) is 5.82 Å². The first-order valence-corrected chi connectivity index (χ1v) is 3.98. The molecule has 1 heterocycles. The third kappa shape index (κ3) is 2.85. The lowest BCUT2D eigenvalue weighted by Crippen LogP contribution is -2.27. The maximum absolute atomic E-state index is 11.2. The molecule has 0 radical (unpaired) electrons. The molecule has 0 saturated carbocycles. The summed E-state index contributed by atoms with van der Waals surface area (Å²) in [7, 11) is 0. The van der Waals surface area contributed by atoms with E-state index in [2.05, 4.69) is 20.5 Å². The number of hydrogen-bond acceptors (Lipinski definition) is 4. The zero-order valence-electron chi connectivity index (χ0n) is 7.57. The van der Waals surface area contributed by atoms with Gasteiger partial charge in [-0.15, -0.1) is 5.10 Å².